The Labute approximate surface area is 86.0 Å². The molecule has 1 aromatic rings. The van der Waals surface area contributed by atoms with Gasteiger partial charge in [-0.2, -0.15) is 0 Å². The van der Waals surface area contributed by atoms with Crippen molar-refractivity contribution in [1.29, 1.82) is 0 Å². The van der Waals surface area contributed by atoms with Crippen molar-refractivity contribution in [2.24, 2.45) is 5.73 Å². The van der Waals surface area contributed by atoms with E-state index < -0.39 is 0 Å². The van der Waals surface area contributed by atoms with E-state index in [9.17, 15) is 4.79 Å². The molecule has 1 aliphatic rings. The molecule has 0 spiro atoms. The van der Waals surface area contributed by atoms with Crippen molar-refractivity contribution < 1.29 is 4.79 Å². The van der Waals surface area contributed by atoms with Gasteiger partial charge in [0.2, 0.25) is 0 Å². The number of hydrogen-bond acceptors (Lipinski definition) is 1. The molecule has 14 heavy (non-hydrogen) atoms. The van der Waals surface area contributed by atoms with Crippen molar-refractivity contribution >= 4 is 14.1 Å². The predicted octanol–water partition coefficient (Wildman–Crippen LogP) is 2.48. The minimum absolute atomic E-state index is 0.204. The molecule has 0 fully saturated rings. The van der Waals surface area contributed by atoms with Crippen molar-refractivity contribution in [3.05, 3.63) is 22.2 Å². The maximum atomic E-state index is 11.2. The lowest BCUT2D eigenvalue weighted by Crippen LogP contribution is -2.12. The first-order valence-corrected chi connectivity index (χ1v) is 6.35. The largest absolute Gasteiger partial charge is 0.365 e. The summed E-state index contributed by atoms with van der Waals surface area (Å²) in [4.78, 5) is 11.2. The molecule has 0 saturated carbocycles. The standard InChI is InChI=1S/C11H16NOP/c12-11(13)10-9-6-4-2-1-3-5-8(9)7-14-10/h7,14H,1-6H2,(H2,12,13). The van der Waals surface area contributed by atoms with Crippen LogP contribution in [-0.4, -0.2) is 5.91 Å². The lowest BCUT2D eigenvalue weighted by atomic mass is 9.95. The summed E-state index contributed by atoms with van der Waals surface area (Å²) in [5, 5.41) is 0.905. The summed E-state index contributed by atoms with van der Waals surface area (Å²) in [5.74, 6) is 2.02. The van der Waals surface area contributed by atoms with Gasteiger partial charge in [0, 0.05) is 0 Å². The summed E-state index contributed by atoms with van der Waals surface area (Å²) in [5.41, 5.74) is 8.07. The van der Waals surface area contributed by atoms with Crippen LogP contribution in [0.25, 0.3) is 0 Å². The molecular formula is C11H16NOP. The number of carbonyl (C=O) groups is 1. The summed E-state index contributed by atoms with van der Waals surface area (Å²) >= 11 is 0. The Balaban J connectivity index is 2.33. The van der Waals surface area contributed by atoms with Crippen LogP contribution in [0.1, 0.15) is 46.9 Å². The normalized spacial score (nSPS) is 17.4. The molecule has 2 rings (SSSR count). The van der Waals surface area contributed by atoms with E-state index in [0.29, 0.717) is 8.19 Å². The third-order valence-corrected chi connectivity index (χ3v) is 4.28. The number of primary amides is 1. The Hall–Kier alpha value is -0.750. The zero-order valence-corrected chi connectivity index (χ0v) is 9.31. The van der Waals surface area contributed by atoms with Crippen LogP contribution in [0, 0.1) is 0 Å². The van der Waals surface area contributed by atoms with E-state index in [1.165, 1.54) is 36.8 Å². The molecule has 0 saturated heterocycles. The van der Waals surface area contributed by atoms with Gasteiger partial charge in [0.1, 0.15) is 0 Å². The van der Waals surface area contributed by atoms with Crippen molar-refractivity contribution in [2.45, 2.75) is 38.5 Å². The Morgan fingerprint density at radius 1 is 1.21 bits per heavy atom. The summed E-state index contributed by atoms with van der Waals surface area (Å²) in [7, 11) is 0.531. The van der Waals surface area contributed by atoms with Crippen LogP contribution in [0.2, 0.25) is 0 Å². The van der Waals surface area contributed by atoms with Crippen molar-refractivity contribution in [3.8, 4) is 0 Å². The van der Waals surface area contributed by atoms with Crippen LogP contribution in [0.3, 0.4) is 0 Å². The summed E-state index contributed by atoms with van der Waals surface area (Å²) in [6, 6.07) is 0. The Morgan fingerprint density at radius 2 is 1.93 bits per heavy atom. The predicted molar refractivity (Wildman–Crippen MR) is 60.3 cm³/mol. The van der Waals surface area contributed by atoms with Gasteiger partial charge in [-0.3, -0.25) is 4.79 Å². The fraction of sp³-hybridized carbons (Fsp3) is 0.545. The second kappa shape index (κ2) is 4.18. The van der Waals surface area contributed by atoms with Gasteiger partial charge in [-0.05, 0) is 42.6 Å². The number of rotatable bonds is 1. The lowest BCUT2D eigenvalue weighted by molar-refractivity contribution is 0.100. The van der Waals surface area contributed by atoms with E-state index in [4.69, 9.17) is 5.73 Å². The number of carbonyl (C=O) groups excluding carboxylic acids is 1. The topological polar surface area (TPSA) is 43.1 Å². The number of nitrogens with two attached hydrogens (primary N) is 1. The van der Waals surface area contributed by atoms with Gasteiger partial charge in [0.05, 0.1) is 5.30 Å². The monoisotopic (exact) mass is 209 g/mol. The van der Waals surface area contributed by atoms with E-state index in [1.54, 1.807) is 0 Å². The average Bonchev–Trinajstić information content (AvgIpc) is 2.47. The minimum atomic E-state index is -0.204. The Kier molecular flexibility index (Phi) is 2.93. The highest BCUT2D eigenvalue weighted by Crippen LogP contribution is 2.30. The SMILES string of the molecule is NC(=O)c1[pH]cc2c1CCCCCC2. The molecule has 0 bridgehead atoms. The van der Waals surface area contributed by atoms with E-state index in [1.807, 2.05) is 0 Å². The van der Waals surface area contributed by atoms with Crippen molar-refractivity contribution in [2.75, 3.05) is 0 Å². The van der Waals surface area contributed by atoms with Crippen LogP contribution in [0.5, 0.6) is 0 Å². The lowest BCUT2D eigenvalue weighted by Gasteiger charge is -2.10. The third kappa shape index (κ3) is 1.85. The molecule has 1 unspecified atom stereocenters. The minimum Gasteiger partial charge on any atom is -0.365 e. The maximum absolute atomic E-state index is 11.2. The van der Waals surface area contributed by atoms with Gasteiger partial charge >= 0.3 is 0 Å². The molecule has 0 radical (unpaired) electrons. The number of amides is 1. The third-order valence-electron chi connectivity index (χ3n) is 2.95. The highest BCUT2D eigenvalue weighted by molar-refractivity contribution is 7.32. The first-order chi connectivity index (χ1) is 6.79. The Bertz CT molecular complexity index is 343. The molecule has 3 heteroatoms. The Morgan fingerprint density at radius 3 is 2.64 bits per heavy atom. The highest BCUT2D eigenvalue weighted by Gasteiger charge is 2.15. The van der Waals surface area contributed by atoms with Gasteiger partial charge in [0.15, 0.2) is 0 Å². The van der Waals surface area contributed by atoms with E-state index in [0.717, 1.165) is 18.1 Å². The summed E-state index contributed by atoms with van der Waals surface area (Å²) in [6.07, 6.45) is 7.33. The molecule has 2 nitrogen and oxygen atoms in total. The molecular weight excluding hydrogens is 193 g/mol. The molecule has 0 aromatic carbocycles. The molecule has 1 aliphatic carbocycles. The molecule has 1 atom stereocenters. The van der Waals surface area contributed by atoms with Crippen LogP contribution in [-0.2, 0) is 12.8 Å². The van der Waals surface area contributed by atoms with Crippen LogP contribution >= 0.6 is 8.19 Å². The van der Waals surface area contributed by atoms with Gasteiger partial charge < -0.3 is 5.73 Å². The highest BCUT2D eigenvalue weighted by atomic mass is 31.0. The van der Waals surface area contributed by atoms with Crippen LogP contribution in [0.4, 0.5) is 0 Å². The van der Waals surface area contributed by atoms with Crippen LogP contribution < -0.4 is 5.73 Å². The second-order valence-corrected chi connectivity index (χ2v) is 5.02. The van der Waals surface area contributed by atoms with E-state index >= 15 is 0 Å². The summed E-state index contributed by atoms with van der Waals surface area (Å²) in [6.45, 7) is 0. The summed E-state index contributed by atoms with van der Waals surface area (Å²) < 4.78 is 0. The smallest absolute Gasteiger partial charge is 0.252 e. The van der Waals surface area contributed by atoms with Crippen molar-refractivity contribution in [3.63, 3.8) is 0 Å². The molecule has 76 valence electrons. The molecule has 1 aromatic heterocycles. The van der Waals surface area contributed by atoms with E-state index in [-0.39, 0.29) is 5.91 Å². The van der Waals surface area contributed by atoms with Crippen molar-refractivity contribution in [1.82, 2.24) is 0 Å². The van der Waals surface area contributed by atoms with Crippen LogP contribution in [0.15, 0.2) is 5.80 Å². The number of hydrogen-bond donors (Lipinski definition) is 1. The van der Waals surface area contributed by atoms with Gasteiger partial charge in [-0.15, -0.1) is 8.19 Å². The first kappa shape index (κ1) is 9.79. The second-order valence-electron chi connectivity index (χ2n) is 3.95. The fourth-order valence-electron chi connectivity index (χ4n) is 2.19. The maximum Gasteiger partial charge on any atom is 0.252 e. The zero-order chi connectivity index (χ0) is 9.97. The average molecular weight is 209 g/mol. The van der Waals surface area contributed by atoms with Gasteiger partial charge in [0.25, 0.3) is 5.91 Å². The molecule has 1 heterocycles. The fourth-order valence-corrected chi connectivity index (χ4v) is 3.43. The number of aryl methyl sites for hydroxylation is 1. The molecule has 1 amide bonds. The van der Waals surface area contributed by atoms with E-state index in [2.05, 4.69) is 5.80 Å². The zero-order valence-electron chi connectivity index (χ0n) is 8.31. The van der Waals surface area contributed by atoms with Gasteiger partial charge in [-0.25, -0.2) is 0 Å². The first-order valence-electron chi connectivity index (χ1n) is 5.28. The number of fused-ring (bicyclic) bond motifs is 1. The molecule has 0 aliphatic heterocycles. The molecule has 2 N–H and O–H groups in total. The quantitative estimate of drug-likeness (QED) is 0.758. The van der Waals surface area contributed by atoms with Gasteiger partial charge in [-0.1, -0.05) is 12.8 Å².